The Kier molecular flexibility index (Phi) is 4.05. The number of aryl methyl sites for hydroxylation is 1. The average Bonchev–Trinajstić information content (AvgIpc) is 2.73. The lowest BCUT2D eigenvalue weighted by Crippen LogP contribution is -2.55. The summed E-state index contributed by atoms with van der Waals surface area (Å²) in [6, 6.07) is 4.64. The van der Waals surface area contributed by atoms with E-state index >= 15 is 0 Å². The highest BCUT2D eigenvalue weighted by molar-refractivity contribution is 6.00. The van der Waals surface area contributed by atoms with Gasteiger partial charge < -0.3 is 20.1 Å². The molecule has 0 fully saturated rings. The summed E-state index contributed by atoms with van der Waals surface area (Å²) in [4.78, 5) is 37.8. The molecule has 0 radical (unpaired) electrons. The maximum absolute atomic E-state index is 12.3. The van der Waals surface area contributed by atoms with E-state index in [0.29, 0.717) is 11.0 Å². The van der Waals surface area contributed by atoms with Crippen LogP contribution in [0.5, 0.6) is 0 Å². The number of benzene rings is 1. The molecular formula is C14H17N3O5. The molecule has 0 aliphatic carbocycles. The van der Waals surface area contributed by atoms with Crippen LogP contribution in [0.4, 0.5) is 0 Å². The van der Waals surface area contributed by atoms with Crippen molar-refractivity contribution in [1.82, 2.24) is 14.9 Å². The maximum atomic E-state index is 12.3. The van der Waals surface area contributed by atoms with Crippen LogP contribution >= 0.6 is 0 Å². The summed E-state index contributed by atoms with van der Waals surface area (Å²) in [5, 5.41) is 11.7. The molecule has 2 aromatic rings. The van der Waals surface area contributed by atoms with Crippen molar-refractivity contribution in [2.24, 2.45) is 7.05 Å². The number of carbonyl (C=O) groups excluding carboxylic acids is 1. The Bertz CT molecular complexity index is 791. The fourth-order valence-corrected chi connectivity index (χ4v) is 2.13. The number of aliphatic carboxylic acids is 1. The number of amides is 1. The molecule has 3 N–H and O–H groups in total. The quantitative estimate of drug-likeness (QED) is 0.724. The van der Waals surface area contributed by atoms with Gasteiger partial charge in [0, 0.05) is 19.7 Å². The standard InChI is InChI=1S/C14H17N3O5/c1-14(7-22-3,12(19)20)16-11(18)8-4-5-9-10(6-8)17(2)13(21)15-9/h4-6H,7H2,1-3H3,(H,15,21)(H,16,18)(H,19,20). The summed E-state index contributed by atoms with van der Waals surface area (Å²) in [7, 11) is 2.93. The fourth-order valence-electron chi connectivity index (χ4n) is 2.13. The first-order valence-corrected chi connectivity index (χ1v) is 6.52. The van der Waals surface area contributed by atoms with Gasteiger partial charge >= 0.3 is 11.7 Å². The molecule has 0 saturated heterocycles. The number of H-pyrrole nitrogens is 1. The van der Waals surface area contributed by atoms with E-state index in [1.807, 2.05) is 0 Å². The minimum atomic E-state index is -1.54. The van der Waals surface area contributed by atoms with Crippen LogP contribution in [-0.4, -0.2) is 45.8 Å². The number of nitrogens with zero attached hydrogens (tertiary/aromatic N) is 1. The number of methoxy groups -OCH3 is 1. The minimum absolute atomic E-state index is 0.168. The largest absolute Gasteiger partial charge is 0.479 e. The topological polar surface area (TPSA) is 113 Å². The zero-order valence-corrected chi connectivity index (χ0v) is 12.5. The predicted octanol–water partition coefficient (Wildman–Crippen LogP) is 0.0861. The van der Waals surface area contributed by atoms with Gasteiger partial charge in [-0.15, -0.1) is 0 Å². The Labute approximate surface area is 125 Å². The smallest absolute Gasteiger partial charge is 0.331 e. The van der Waals surface area contributed by atoms with Gasteiger partial charge in [-0.1, -0.05) is 0 Å². The van der Waals surface area contributed by atoms with E-state index in [9.17, 15) is 19.5 Å². The molecule has 22 heavy (non-hydrogen) atoms. The number of fused-ring (bicyclic) bond motifs is 1. The number of carboxylic acid groups (broad SMARTS) is 1. The molecular weight excluding hydrogens is 290 g/mol. The summed E-state index contributed by atoms with van der Waals surface area (Å²) >= 11 is 0. The lowest BCUT2D eigenvalue weighted by Gasteiger charge is -2.25. The van der Waals surface area contributed by atoms with Crippen LogP contribution in [0.15, 0.2) is 23.0 Å². The van der Waals surface area contributed by atoms with Crippen LogP contribution in [-0.2, 0) is 16.6 Å². The normalized spacial score (nSPS) is 13.8. The Morgan fingerprint density at radius 3 is 2.73 bits per heavy atom. The fraction of sp³-hybridized carbons (Fsp3) is 0.357. The number of ether oxygens (including phenoxy) is 1. The predicted molar refractivity (Wildman–Crippen MR) is 78.9 cm³/mol. The number of carbonyl (C=O) groups is 2. The van der Waals surface area contributed by atoms with Crippen LogP contribution in [0, 0.1) is 0 Å². The van der Waals surface area contributed by atoms with E-state index in [4.69, 9.17) is 4.74 Å². The molecule has 8 nitrogen and oxygen atoms in total. The SMILES string of the molecule is COCC(C)(NC(=O)c1ccc2[nH]c(=O)n(C)c2c1)C(=O)O. The summed E-state index contributed by atoms with van der Waals surface area (Å²) in [5.41, 5.74) is -0.415. The van der Waals surface area contributed by atoms with E-state index in [1.54, 1.807) is 13.1 Å². The molecule has 0 aliphatic heterocycles. The molecule has 2 rings (SSSR count). The monoisotopic (exact) mass is 307 g/mol. The van der Waals surface area contributed by atoms with Crippen LogP contribution < -0.4 is 11.0 Å². The second kappa shape index (κ2) is 5.64. The Hall–Kier alpha value is -2.61. The lowest BCUT2D eigenvalue weighted by molar-refractivity contribution is -0.145. The highest BCUT2D eigenvalue weighted by Crippen LogP contribution is 2.14. The zero-order chi connectivity index (χ0) is 16.5. The number of aromatic amines is 1. The van der Waals surface area contributed by atoms with E-state index in [1.165, 1.54) is 30.7 Å². The van der Waals surface area contributed by atoms with Gasteiger partial charge in [0.25, 0.3) is 5.91 Å². The third kappa shape index (κ3) is 2.73. The van der Waals surface area contributed by atoms with Crippen molar-refractivity contribution in [2.75, 3.05) is 13.7 Å². The lowest BCUT2D eigenvalue weighted by atomic mass is 10.0. The van der Waals surface area contributed by atoms with E-state index in [-0.39, 0.29) is 17.9 Å². The maximum Gasteiger partial charge on any atom is 0.331 e. The average molecular weight is 307 g/mol. The third-order valence-corrected chi connectivity index (χ3v) is 3.46. The molecule has 1 amide bonds. The molecule has 0 saturated carbocycles. The first-order chi connectivity index (χ1) is 10.3. The summed E-state index contributed by atoms with van der Waals surface area (Å²) < 4.78 is 6.22. The van der Waals surface area contributed by atoms with Gasteiger partial charge in [-0.2, -0.15) is 0 Å². The van der Waals surface area contributed by atoms with Crippen molar-refractivity contribution in [1.29, 1.82) is 0 Å². The number of nitrogens with one attached hydrogen (secondary N) is 2. The van der Waals surface area contributed by atoms with Gasteiger partial charge in [0.2, 0.25) is 0 Å². The van der Waals surface area contributed by atoms with E-state index < -0.39 is 17.4 Å². The second-order valence-corrected chi connectivity index (χ2v) is 5.25. The van der Waals surface area contributed by atoms with Crippen LogP contribution in [0.3, 0.4) is 0 Å². The van der Waals surface area contributed by atoms with Crippen LogP contribution in [0.2, 0.25) is 0 Å². The van der Waals surface area contributed by atoms with Gasteiger partial charge in [0.15, 0.2) is 5.54 Å². The van der Waals surface area contributed by atoms with Crippen molar-refractivity contribution in [3.63, 3.8) is 0 Å². The Morgan fingerprint density at radius 1 is 1.45 bits per heavy atom. The minimum Gasteiger partial charge on any atom is -0.479 e. The van der Waals surface area contributed by atoms with E-state index in [2.05, 4.69) is 10.3 Å². The molecule has 1 unspecified atom stereocenters. The van der Waals surface area contributed by atoms with Crippen molar-refractivity contribution in [3.05, 3.63) is 34.2 Å². The number of rotatable bonds is 5. The summed E-state index contributed by atoms with van der Waals surface area (Å²) in [6.07, 6.45) is 0. The van der Waals surface area contributed by atoms with E-state index in [0.717, 1.165) is 0 Å². The van der Waals surface area contributed by atoms with Crippen molar-refractivity contribution >= 4 is 22.9 Å². The molecule has 1 aromatic carbocycles. The molecule has 0 bridgehead atoms. The number of hydrogen-bond donors (Lipinski definition) is 3. The summed E-state index contributed by atoms with van der Waals surface area (Å²) in [5.74, 6) is -1.75. The third-order valence-electron chi connectivity index (χ3n) is 3.46. The number of aromatic nitrogens is 2. The van der Waals surface area contributed by atoms with Crippen molar-refractivity contribution < 1.29 is 19.4 Å². The molecule has 0 spiro atoms. The van der Waals surface area contributed by atoms with Crippen molar-refractivity contribution in [3.8, 4) is 0 Å². The first kappa shape index (κ1) is 15.8. The number of hydrogen-bond acceptors (Lipinski definition) is 4. The van der Waals surface area contributed by atoms with Gasteiger partial charge in [0.1, 0.15) is 0 Å². The Balaban J connectivity index is 2.35. The number of imidazole rings is 1. The summed E-state index contributed by atoms with van der Waals surface area (Å²) in [6.45, 7) is 1.19. The molecule has 1 atom stereocenters. The van der Waals surface area contributed by atoms with Gasteiger partial charge in [-0.05, 0) is 25.1 Å². The van der Waals surface area contributed by atoms with Gasteiger partial charge in [-0.3, -0.25) is 9.36 Å². The van der Waals surface area contributed by atoms with Crippen molar-refractivity contribution in [2.45, 2.75) is 12.5 Å². The first-order valence-electron chi connectivity index (χ1n) is 6.52. The zero-order valence-electron chi connectivity index (χ0n) is 12.5. The molecule has 8 heteroatoms. The molecule has 0 aliphatic rings. The van der Waals surface area contributed by atoms with Gasteiger partial charge in [0.05, 0.1) is 17.6 Å². The van der Waals surface area contributed by atoms with Crippen LogP contribution in [0.1, 0.15) is 17.3 Å². The number of carboxylic acids is 1. The highest BCUT2D eigenvalue weighted by atomic mass is 16.5. The second-order valence-electron chi connectivity index (χ2n) is 5.25. The molecule has 1 heterocycles. The van der Waals surface area contributed by atoms with Crippen LogP contribution in [0.25, 0.3) is 11.0 Å². The van der Waals surface area contributed by atoms with Gasteiger partial charge in [-0.25, -0.2) is 9.59 Å². The molecule has 1 aromatic heterocycles. The Morgan fingerprint density at radius 2 is 2.14 bits per heavy atom. The highest BCUT2D eigenvalue weighted by Gasteiger charge is 2.35. The molecule has 118 valence electrons.